The summed E-state index contributed by atoms with van der Waals surface area (Å²) in [5, 5.41) is 5.50. The molecule has 3 aromatic rings. The molecule has 2 aliphatic rings. The number of para-hydroxylation sites is 3. The SMILES string of the molecule is O=C(CCC(=O)N1CC(=O)Nc2ccccc21)Nc1ccc(C(=O)N2CCc3ccccc32)cc1. The molecular formula is C27H24N4O4. The van der Waals surface area contributed by atoms with E-state index in [1.807, 2.05) is 24.3 Å². The minimum absolute atomic E-state index is 0.0234. The molecule has 3 aromatic carbocycles. The van der Waals surface area contributed by atoms with E-state index in [9.17, 15) is 19.2 Å². The van der Waals surface area contributed by atoms with Crippen LogP contribution in [0, 0.1) is 0 Å². The van der Waals surface area contributed by atoms with Crippen LogP contribution in [0.4, 0.5) is 22.7 Å². The summed E-state index contributed by atoms with van der Waals surface area (Å²) in [7, 11) is 0. The molecule has 0 atom stereocenters. The monoisotopic (exact) mass is 468 g/mol. The predicted molar refractivity (Wildman–Crippen MR) is 134 cm³/mol. The third-order valence-corrected chi connectivity index (χ3v) is 6.19. The van der Waals surface area contributed by atoms with E-state index >= 15 is 0 Å². The molecular weight excluding hydrogens is 444 g/mol. The van der Waals surface area contributed by atoms with E-state index in [-0.39, 0.29) is 43.0 Å². The Bertz CT molecular complexity index is 1320. The zero-order chi connectivity index (χ0) is 24.4. The van der Waals surface area contributed by atoms with Crippen molar-refractivity contribution in [3.05, 3.63) is 83.9 Å². The van der Waals surface area contributed by atoms with E-state index in [1.165, 1.54) is 4.90 Å². The minimum Gasteiger partial charge on any atom is -0.326 e. The highest BCUT2D eigenvalue weighted by atomic mass is 16.2. The summed E-state index contributed by atoms with van der Waals surface area (Å²) in [5.41, 5.74) is 4.38. The molecule has 0 saturated carbocycles. The number of nitrogens with one attached hydrogen (secondary N) is 2. The van der Waals surface area contributed by atoms with Crippen LogP contribution >= 0.6 is 0 Å². The highest BCUT2D eigenvalue weighted by Gasteiger charge is 2.27. The molecule has 0 bridgehead atoms. The highest BCUT2D eigenvalue weighted by Crippen LogP contribution is 2.30. The van der Waals surface area contributed by atoms with Crippen molar-refractivity contribution >= 4 is 46.4 Å². The zero-order valence-corrected chi connectivity index (χ0v) is 19.0. The van der Waals surface area contributed by atoms with Crippen LogP contribution in [0.15, 0.2) is 72.8 Å². The van der Waals surface area contributed by atoms with Gasteiger partial charge in [-0.05, 0) is 54.4 Å². The molecule has 0 saturated heterocycles. The van der Waals surface area contributed by atoms with Crippen molar-refractivity contribution in [2.75, 3.05) is 33.5 Å². The lowest BCUT2D eigenvalue weighted by molar-refractivity contribution is -0.124. The molecule has 0 aliphatic carbocycles. The van der Waals surface area contributed by atoms with Gasteiger partial charge in [-0.1, -0.05) is 30.3 Å². The van der Waals surface area contributed by atoms with Gasteiger partial charge in [0.1, 0.15) is 6.54 Å². The molecule has 0 spiro atoms. The average molecular weight is 469 g/mol. The first-order valence-electron chi connectivity index (χ1n) is 11.5. The summed E-state index contributed by atoms with van der Waals surface area (Å²) in [6.07, 6.45) is 0.783. The first-order chi connectivity index (χ1) is 17.0. The summed E-state index contributed by atoms with van der Waals surface area (Å²) >= 11 is 0. The van der Waals surface area contributed by atoms with Crippen molar-refractivity contribution in [2.45, 2.75) is 19.3 Å². The number of amides is 4. The van der Waals surface area contributed by atoms with Gasteiger partial charge in [-0.15, -0.1) is 0 Å². The molecule has 2 aliphatic heterocycles. The first-order valence-corrected chi connectivity index (χ1v) is 11.5. The number of carbonyl (C=O) groups is 4. The Morgan fingerprint density at radius 1 is 0.829 bits per heavy atom. The van der Waals surface area contributed by atoms with Gasteiger partial charge in [-0.25, -0.2) is 0 Å². The number of hydrogen-bond donors (Lipinski definition) is 2. The van der Waals surface area contributed by atoms with Crippen LogP contribution in [0.2, 0.25) is 0 Å². The summed E-state index contributed by atoms with van der Waals surface area (Å²) in [4.78, 5) is 53.2. The van der Waals surface area contributed by atoms with Crippen LogP contribution in [-0.2, 0) is 20.8 Å². The molecule has 176 valence electrons. The lowest BCUT2D eigenvalue weighted by Crippen LogP contribution is -2.42. The molecule has 2 heterocycles. The Morgan fingerprint density at radius 3 is 2.34 bits per heavy atom. The van der Waals surface area contributed by atoms with E-state index in [2.05, 4.69) is 10.6 Å². The van der Waals surface area contributed by atoms with Crippen LogP contribution < -0.4 is 20.4 Å². The fraction of sp³-hybridized carbons (Fsp3) is 0.185. The van der Waals surface area contributed by atoms with Gasteiger partial charge in [0.15, 0.2) is 0 Å². The van der Waals surface area contributed by atoms with E-state index < -0.39 is 0 Å². The number of nitrogens with zero attached hydrogens (tertiary/aromatic N) is 2. The van der Waals surface area contributed by atoms with Crippen molar-refractivity contribution in [1.82, 2.24) is 0 Å². The lowest BCUT2D eigenvalue weighted by atomic mass is 10.1. The summed E-state index contributed by atoms with van der Waals surface area (Å²) in [6.45, 7) is 0.572. The molecule has 0 aromatic heterocycles. The topological polar surface area (TPSA) is 98.8 Å². The molecule has 4 amide bonds. The molecule has 8 nitrogen and oxygen atoms in total. The van der Waals surface area contributed by atoms with Gasteiger partial charge in [0.05, 0.1) is 11.4 Å². The van der Waals surface area contributed by atoms with Crippen molar-refractivity contribution in [1.29, 1.82) is 0 Å². The quantitative estimate of drug-likeness (QED) is 0.598. The number of hydrogen-bond acceptors (Lipinski definition) is 4. The maximum atomic E-state index is 12.9. The fourth-order valence-corrected chi connectivity index (χ4v) is 4.44. The van der Waals surface area contributed by atoms with Crippen molar-refractivity contribution < 1.29 is 19.2 Å². The maximum Gasteiger partial charge on any atom is 0.258 e. The first kappa shape index (κ1) is 22.3. The largest absolute Gasteiger partial charge is 0.326 e. The average Bonchev–Trinajstić information content (AvgIpc) is 3.31. The summed E-state index contributed by atoms with van der Waals surface area (Å²) in [5.74, 6) is -0.965. The van der Waals surface area contributed by atoms with Gasteiger partial charge in [0.25, 0.3) is 5.91 Å². The van der Waals surface area contributed by atoms with E-state index in [0.717, 1.165) is 17.7 Å². The van der Waals surface area contributed by atoms with Crippen molar-refractivity contribution in [3.63, 3.8) is 0 Å². The zero-order valence-electron chi connectivity index (χ0n) is 19.0. The van der Waals surface area contributed by atoms with Crippen LogP contribution in [0.5, 0.6) is 0 Å². The lowest BCUT2D eigenvalue weighted by Gasteiger charge is -2.29. The number of carbonyl (C=O) groups excluding carboxylic acids is 4. The Hall–Kier alpha value is -4.46. The molecule has 8 heteroatoms. The molecule has 35 heavy (non-hydrogen) atoms. The molecule has 0 unspecified atom stereocenters. The number of rotatable bonds is 5. The highest BCUT2D eigenvalue weighted by molar-refractivity contribution is 6.10. The third-order valence-electron chi connectivity index (χ3n) is 6.19. The fourth-order valence-electron chi connectivity index (χ4n) is 4.44. The molecule has 0 fully saturated rings. The predicted octanol–water partition coefficient (Wildman–Crippen LogP) is 3.59. The Labute approximate surface area is 202 Å². The smallest absolute Gasteiger partial charge is 0.258 e. The van der Waals surface area contributed by atoms with E-state index in [1.54, 1.807) is 53.4 Å². The van der Waals surface area contributed by atoms with Gasteiger partial charge in [0, 0.05) is 36.3 Å². The van der Waals surface area contributed by atoms with Gasteiger partial charge in [0.2, 0.25) is 17.7 Å². The standard InChI is InChI=1S/C27H24N4O4/c32-24(13-14-26(34)31-17-25(33)29-21-6-2-4-8-23(21)31)28-20-11-9-19(10-12-20)27(35)30-16-15-18-5-1-3-7-22(18)30/h1-12H,13-17H2,(H,28,32)(H,29,33). The van der Waals surface area contributed by atoms with Crippen LogP contribution in [0.3, 0.4) is 0 Å². The van der Waals surface area contributed by atoms with Crippen molar-refractivity contribution in [2.24, 2.45) is 0 Å². The van der Waals surface area contributed by atoms with Gasteiger partial charge in [-0.2, -0.15) is 0 Å². The van der Waals surface area contributed by atoms with Crippen LogP contribution in [-0.4, -0.2) is 36.7 Å². The Balaban J connectivity index is 1.17. The van der Waals surface area contributed by atoms with Gasteiger partial charge >= 0.3 is 0 Å². The van der Waals surface area contributed by atoms with Gasteiger partial charge < -0.3 is 20.4 Å². The summed E-state index contributed by atoms with van der Waals surface area (Å²) < 4.78 is 0. The molecule has 2 N–H and O–H groups in total. The molecule has 5 rings (SSSR count). The number of fused-ring (bicyclic) bond motifs is 2. The van der Waals surface area contributed by atoms with E-state index in [0.29, 0.717) is 29.2 Å². The minimum atomic E-state index is -0.319. The third kappa shape index (κ3) is 4.63. The van der Waals surface area contributed by atoms with Crippen LogP contribution in [0.25, 0.3) is 0 Å². The second kappa shape index (κ2) is 9.42. The number of anilines is 4. The van der Waals surface area contributed by atoms with Gasteiger partial charge in [-0.3, -0.25) is 19.2 Å². The second-order valence-corrected chi connectivity index (χ2v) is 8.51. The number of benzene rings is 3. The van der Waals surface area contributed by atoms with Crippen molar-refractivity contribution in [3.8, 4) is 0 Å². The second-order valence-electron chi connectivity index (χ2n) is 8.51. The Morgan fingerprint density at radius 2 is 1.54 bits per heavy atom. The Kier molecular flexibility index (Phi) is 6.01. The van der Waals surface area contributed by atoms with E-state index in [4.69, 9.17) is 0 Å². The molecule has 0 radical (unpaired) electrons. The van der Waals surface area contributed by atoms with Crippen LogP contribution in [0.1, 0.15) is 28.8 Å². The normalized spacial score (nSPS) is 14.1. The summed E-state index contributed by atoms with van der Waals surface area (Å²) in [6, 6.07) is 21.7. The maximum absolute atomic E-state index is 12.9.